The first-order valence-electron chi connectivity index (χ1n) is 12.7. The highest BCUT2D eigenvalue weighted by Gasteiger charge is 2.49. The highest BCUT2D eigenvalue weighted by molar-refractivity contribution is 5.83. The van der Waals surface area contributed by atoms with Gasteiger partial charge < -0.3 is 10.4 Å². The molecule has 2 fully saturated rings. The van der Waals surface area contributed by atoms with Crippen molar-refractivity contribution in [2.24, 2.45) is 11.3 Å². The van der Waals surface area contributed by atoms with Crippen molar-refractivity contribution in [3.8, 4) is 0 Å². The highest BCUT2D eigenvalue weighted by atomic mass is 19.4. The molecule has 2 aromatic rings. The fourth-order valence-corrected chi connectivity index (χ4v) is 6.01. The zero-order valence-electron chi connectivity index (χ0n) is 21.0. The van der Waals surface area contributed by atoms with E-state index in [0.29, 0.717) is 31.9 Å². The molecule has 37 heavy (non-hydrogen) atoms. The van der Waals surface area contributed by atoms with Crippen molar-refractivity contribution >= 4 is 5.91 Å². The van der Waals surface area contributed by atoms with E-state index in [2.05, 4.69) is 10.2 Å². The second kappa shape index (κ2) is 10.7. The van der Waals surface area contributed by atoms with Gasteiger partial charge in [-0.25, -0.2) is 8.78 Å². The number of hydrogen-bond acceptors (Lipinski definition) is 3. The van der Waals surface area contributed by atoms with Gasteiger partial charge in [0.25, 0.3) is 0 Å². The van der Waals surface area contributed by atoms with Crippen LogP contribution < -0.4 is 5.32 Å². The van der Waals surface area contributed by atoms with E-state index in [0.717, 1.165) is 30.7 Å². The van der Waals surface area contributed by atoms with Crippen LogP contribution in [-0.4, -0.2) is 41.1 Å². The molecule has 4 rings (SSSR count). The van der Waals surface area contributed by atoms with E-state index in [-0.39, 0.29) is 41.7 Å². The van der Waals surface area contributed by atoms with Crippen molar-refractivity contribution in [2.45, 2.75) is 70.3 Å². The van der Waals surface area contributed by atoms with Crippen LogP contribution in [0.1, 0.15) is 62.1 Å². The predicted octanol–water partition coefficient (Wildman–Crippen LogP) is 5.65. The average Bonchev–Trinajstić information content (AvgIpc) is 3.29. The Labute approximate surface area is 213 Å². The van der Waals surface area contributed by atoms with Crippen LogP contribution in [0, 0.1) is 23.0 Å². The van der Waals surface area contributed by atoms with Gasteiger partial charge in [0.1, 0.15) is 11.6 Å². The predicted molar refractivity (Wildman–Crippen MR) is 129 cm³/mol. The topological polar surface area (TPSA) is 52.6 Å². The van der Waals surface area contributed by atoms with Crippen molar-refractivity contribution in [1.29, 1.82) is 0 Å². The maximum absolute atomic E-state index is 13.8. The summed E-state index contributed by atoms with van der Waals surface area (Å²) in [5, 5.41) is 13.6. The number of rotatable bonds is 6. The summed E-state index contributed by atoms with van der Waals surface area (Å²) in [6.45, 7) is 4.92. The molecule has 0 radical (unpaired) electrons. The Kier molecular flexibility index (Phi) is 7.95. The fraction of sp³-hybridized carbons (Fsp3) is 0.536. The number of aliphatic hydroxyl groups is 1. The second-order valence-electron chi connectivity index (χ2n) is 10.7. The maximum Gasteiger partial charge on any atom is 0.416 e. The molecule has 4 nitrogen and oxygen atoms in total. The van der Waals surface area contributed by atoms with Gasteiger partial charge in [0.05, 0.1) is 17.1 Å². The summed E-state index contributed by atoms with van der Waals surface area (Å²) >= 11 is 0. The lowest BCUT2D eigenvalue weighted by Gasteiger charge is -2.40. The highest BCUT2D eigenvalue weighted by Crippen LogP contribution is 2.47. The molecule has 0 spiro atoms. The van der Waals surface area contributed by atoms with Crippen LogP contribution in [0.3, 0.4) is 0 Å². The van der Waals surface area contributed by atoms with Gasteiger partial charge in [-0.3, -0.25) is 9.69 Å². The largest absolute Gasteiger partial charge is 0.416 e. The van der Waals surface area contributed by atoms with Crippen molar-refractivity contribution in [2.75, 3.05) is 13.1 Å². The Hall–Kier alpha value is -2.52. The number of halogens is 5. The molecule has 1 aliphatic heterocycles. The molecule has 3 unspecified atom stereocenters. The Bertz CT molecular complexity index is 1100. The SMILES string of the molecule is CC(C)C1(C(=O)NCc2cc(F)cc(C(F)(F)F)c2)CCC(N2CC[C@@H](c3ccc(F)cc3)C(O)C2)C1. The van der Waals surface area contributed by atoms with Crippen LogP contribution in [0.5, 0.6) is 0 Å². The first kappa shape index (κ1) is 27.5. The summed E-state index contributed by atoms with van der Waals surface area (Å²) in [5.41, 5.74) is -0.829. The molecule has 1 saturated heterocycles. The van der Waals surface area contributed by atoms with Gasteiger partial charge in [-0.2, -0.15) is 13.2 Å². The maximum atomic E-state index is 13.8. The van der Waals surface area contributed by atoms with E-state index in [4.69, 9.17) is 0 Å². The standard InChI is InChI=1S/C28H33F5N2O2/c1-17(2)27(26(37)34-15-18-11-20(28(31,32)33)13-22(30)12-18)9-7-23(14-27)35-10-8-24(25(36)16-35)19-3-5-21(29)6-4-19/h3-6,11-13,17,23-25,36H,7-10,14-16H2,1-2H3,(H,34,37)/t23?,24-,25?,27?/m0/s1. The van der Waals surface area contributed by atoms with Crippen molar-refractivity contribution in [3.63, 3.8) is 0 Å². The third kappa shape index (κ3) is 5.98. The Balaban J connectivity index is 1.40. The molecule has 0 bridgehead atoms. The normalized spacial score (nSPS) is 27.0. The summed E-state index contributed by atoms with van der Waals surface area (Å²) < 4.78 is 66.2. The number of benzene rings is 2. The number of nitrogens with zero attached hydrogens (tertiary/aromatic N) is 1. The van der Waals surface area contributed by atoms with Gasteiger partial charge in [-0.05, 0) is 79.6 Å². The fourth-order valence-electron chi connectivity index (χ4n) is 6.01. The molecule has 1 amide bonds. The number of nitrogens with one attached hydrogen (secondary N) is 1. The Morgan fingerprint density at radius 3 is 2.43 bits per heavy atom. The molecular weight excluding hydrogens is 491 g/mol. The Morgan fingerprint density at radius 1 is 1.11 bits per heavy atom. The number of alkyl halides is 3. The zero-order chi connectivity index (χ0) is 27.0. The van der Waals surface area contributed by atoms with Gasteiger partial charge in [-0.15, -0.1) is 0 Å². The lowest BCUT2D eigenvalue weighted by molar-refractivity contribution is -0.137. The van der Waals surface area contributed by atoms with Gasteiger partial charge in [0.2, 0.25) is 5.91 Å². The molecule has 2 N–H and O–H groups in total. The minimum atomic E-state index is -4.67. The monoisotopic (exact) mass is 524 g/mol. The van der Waals surface area contributed by atoms with Crippen molar-refractivity contribution in [1.82, 2.24) is 10.2 Å². The molecule has 202 valence electrons. The van der Waals surface area contributed by atoms with Crippen LogP contribution in [0.25, 0.3) is 0 Å². The van der Waals surface area contributed by atoms with Crippen molar-refractivity contribution in [3.05, 3.63) is 70.8 Å². The van der Waals surface area contributed by atoms with Gasteiger partial charge in [0.15, 0.2) is 0 Å². The van der Waals surface area contributed by atoms with E-state index >= 15 is 0 Å². The lowest BCUT2D eigenvalue weighted by Crippen LogP contribution is -2.48. The van der Waals surface area contributed by atoms with E-state index in [1.807, 2.05) is 13.8 Å². The van der Waals surface area contributed by atoms with Crippen LogP contribution >= 0.6 is 0 Å². The summed E-state index contributed by atoms with van der Waals surface area (Å²) in [6.07, 6.45) is -2.62. The zero-order valence-corrected chi connectivity index (χ0v) is 21.0. The number of amides is 1. The number of likely N-dealkylation sites (tertiary alicyclic amines) is 1. The summed E-state index contributed by atoms with van der Waals surface area (Å²) in [5.74, 6) is -1.66. The molecule has 1 heterocycles. The number of piperidine rings is 1. The van der Waals surface area contributed by atoms with Gasteiger partial charge >= 0.3 is 6.18 Å². The van der Waals surface area contributed by atoms with Gasteiger partial charge in [-0.1, -0.05) is 26.0 Å². The molecule has 1 aliphatic carbocycles. The lowest BCUT2D eigenvalue weighted by atomic mass is 9.74. The van der Waals surface area contributed by atoms with Crippen LogP contribution in [0.2, 0.25) is 0 Å². The molecule has 4 atom stereocenters. The summed E-state index contributed by atoms with van der Waals surface area (Å²) in [4.78, 5) is 15.6. The first-order valence-corrected chi connectivity index (χ1v) is 12.7. The number of β-amino-alcohol motifs (C(OH)–C–C–N with tert-alkyl or cyclic N) is 1. The second-order valence-corrected chi connectivity index (χ2v) is 10.7. The minimum absolute atomic E-state index is 0.0163. The molecule has 0 aromatic heterocycles. The number of aliphatic hydroxyl groups excluding tert-OH is 1. The molecule has 2 aromatic carbocycles. The van der Waals surface area contributed by atoms with Crippen molar-refractivity contribution < 1.29 is 31.9 Å². The molecule has 1 saturated carbocycles. The third-order valence-electron chi connectivity index (χ3n) is 8.25. The van der Waals surface area contributed by atoms with E-state index in [9.17, 15) is 31.9 Å². The number of carbonyl (C=O) groups is 1. The van der Waals surface area contributed by atoms with Crippen LogP contribution in [0.15, 0.2) is 42.5 Å². The van der Waals surface area contributed by atoms with Crippen LogP contribution in [0.4, 0.5) is 22.0 Å². The smallest absolute Gasteiger partial charge is 0.391 e. The third-order valence-corrected chi connectivity index (χ3v) is 8.25. The quantitative estimate of drug-likeness (QED) is 0.481. The van der Waals surface area contributed by atoms with Crippen LogP contribution in [-0.2, 0) is 17.5 Å². The van der Waals surface area contributed by atoms with Gasteiger partial charge in [0, 0.05) is 25.0 Å². The van der Waals surface area contributed by atoms with E-state index < -0.39 is 29.1 Å². The first-order chi connectivity index (χ1) is 17.4. The number of hydrogen-bond donors (Lipinski definition) is 2. The molecule has 2 aliphatic rings. The Morgan fingerprint density at radius 2 is 1.81 bits per heavy atom. The summed E-state index contributed by atoms with van der Waals surface area (Å²) in [6, 6.07) is 8.59. The molecule has 9 heteroatoms. The number of carbonyl (C=O) groups excluding carboxylic acids is 1. The van der Waals surface area contributed by atoms with E-state index in [1.54, 1.807) is 12.1 Å². The molecular formula is C28H33F5N2O2. The minimum Gasteiger partial charge on any atom is -0.391 e. The van der Waals surface area contributed by atoms with E-state index in [1.165, 1.54) is 12.1 Å². The summed E-state index contributed by atoms with van der Waals surface area (Å²) in [7, 11) is 0. The average molecular weight is 525 g/mol.